The molecule has 1 fully saturated rings. The van der Waals surface area contributed by atoms with Crippen molar-refractivity contribution in [2.75, 3.05) is 12.3 Å². The van der Waals surface area contributed by atoms with Gasteiger partial charge in [-0.15, -0.1) is 0 Å². The average molecular weight is 483 g/mol. The Labute approximate surface area is 160 Å². The lowest BCUT2D eigenvalue weighted by Gasteiger charge is -2.19. The molecule has 29 heavy (non-hydrogen) atoms. The molecule has 0 aromatic carbocycles. The molecule has 1 saturated heterocycles. The third kappa shape index (κ3) is 6.73. The second kappa shape index (κ2) is 8.61. The summed E-state index contributed by atoms with van der Waals surface area (Å²) in [5, 5.41) is 20.0. The SMILES string of the molecule is Nc1ccn([C@H]2O[C@@H](COP(=O)(O)OP(=O)(O)OP(=O)(O)O)[C@H](O)[C@H]2O)c(=O)n1. The molecule has 0 amide bonds. The Morgan fingerprint density at radius 2 is 1.72 bits per heavy atom. The number of hydrogen-bond acceptors (Lipinski definition) is 12. The van der Waals surface area contributed by atoms with Crippen molar-refractivity contribution in [1.82, 2.24) is 9.55 Å². The monoisotopic (exact) mass is 483 g/mol. The molecular weight excluding hydrogens is 467 g/mol. The van der Waals surface area contributed by atoms with Gasteiger partial charge in [-0.25, -0.2) is 18.5 Å². The van der Waals surface area contributed by atoms with E-state index in [-0.39, 0.29) is 5.82 Å². The van der Waals surface area contributed by atoms with Crippen molar-refractivity contribution in [2.24, 2.45) is 0 Å². The van der Waals surface area contributed by atoms with E-state index in [4.69, 9.17) is 25.2 Å². The Balaban J connectivity index is 2.05. The molecule has 2 unspecified atom stereocenters. The van der Waals surface area contributed by atoms with E-state index in [2.05, 4.69) is 18.1 Å². The van der Waals surface area contributed by atoms with Gasteiger partial charge in [0.05, 0.1) is 6.61 Å². The van der Waals surface area contributed by atoms with Crippen LogP contribution in [0.25, 0.3) is 0 Å². The molecule has 20 heteroatoms. The van der Waals surface area contributed by atoms with Gasteiger partial charge < -0.3 is 40.3 Å². The van der Waals surface area contributed by atoms with Crippen LogP contribution in [0.2, 0.25) is 0 Å². The fourth-order valence-corrected chi connectivity index (χ4v) is 5.22. The quantitative estimate of drug-likeness (QED) is 0.193. The van der Waals surface area contributed by atoms with Crippen LogP contribution in [0.5, 0.6) is 0 Å². The van der Waals surface area contributed by atoms with Gasteiger partial charge >= 0.3 is 29.2 Å². The predicted octanol–water partition coefficient (Wildman–Crippen LogP) is -2.21. The van der Waals surface area contributed by atoms with E-state index in [0.29, 0.717) is 0 Å². The number of aromatic nitrogens is 2. The Bertz CT molecular complexity index is 946. The van der Waals surface area contributed by atoms with Gasteiger partial charge in [-0.05, 0) is 6.07 Å². The number of anilines is 1. The van der Waals surface area contributed by atoms with Crippen LogP contribution in [0.1, 0.15) is 6.23 Å². The van der Waals surface area contributed by atoms with Crippen LogP contribution in [-0.2, 0) is 31.6 Å². The largest absolute Gasteiger partial charge is 0.490 e. The lowest BCUT2D eigenvalue weighted by molar-refractivity contribution is -0.0541. The van der Waals surface area contributed by atoms with Crippen molar-refractivity contribution in [3.05, 3.63) is 22.7 Å². The molecular formula is C9H16N3O14P3. The number of ether oxygens (including phenoxy) is 1. The van der Waals surface area contributed by atoms with Crippen molar-refractivity contribution in [1.29, 1.82) is 0 Å². The first-order valence-corrected chi connectivity index (χ1v) is 11.8. The van der Waals surface area contributed by atoms with Crippen LogP contribution in [0, 0.1) is 0 Å². The highest BCUT2D eigenvalue weighted by Gasteiger charge is 2.46. The summed E-state index contributed by atoms with van der Waals surface area (Å²) in [6.45, 7) is -1.02. The van der Waals surface area contributed by atoms with Crippen LogP contribution in [0.3, 0.4) is 0 Å². The zero-order chi connectivity index (χ0) is 22.2. The van der Waals surface area contributed by atoms with E-state index >= 15 is 0 Å². The first kappa shape index (κ1) is 24.2. The maximum Gasteiger partial charge on any atom is 0.490 e. The molecule has 1 aromatic heterocycles. The molecule has 1 aromatic rings. The zero-order valence-corrected chi connectivity index (χ0v) is 16.6. The summed E-state index contributed by atoms with van der Waals surface area (Å²) < 4.78 is 50.8. The van der Waals surface area contributed by atoms with Gasteiger partial charge in [0.25, 0.3) is 0 Å². The second-order valence-corrected chi connectivity index (χ2v) is 9.90. The van der Waals surface area contributed by atoms with Crippen LogP contribution in [0.15, 0.2) is 17.1 Å². The number of phosphoric acid groups is 3. The Morgan fingerprint density at radius 1 is 1.10 bits per heavy atom. The molecule has 0 bridgehead atoms. The maximum atomic E-state index is 11.8. The fraction of sp³-hybridized carbons (Fsp3) is 0.556. The summed E-state index contributed by atoms with van der Waals surface area (Å²) in [4.78, 5) is 50.5. The van der Waals surface area contributed by atoms with Gasteiger partial charge in [0.15, 0.2) is 6.23 Å². The molecule has 2 heterocycles. The molecule has 0 radical (unpaired) electrons. The highest BCUT2D eigenvalue weighted by Crippen LogP contribution is 2.66. The summed E-state index contributed by atoms with van der Waals surface area (Å²) in [7, 11) is -16.7. The molecule has 2 rings (SSSR count). The van der Waals surface area contributed by atoms with E-state index in [1.165, 1.54) is 6.07 Å². The normalized spacial score (nSPS) is 29.3. The van der Waals surface area contributed by atoms with E-state index in [1.807, 2.05) is 0 Å². The van der Waals surface area contributed by atoms with Gasteiger partial charge in [-0.1, -0.05) is 0 Å². The second-order valence-electron chi connectivity index (χ2n) is 5.48. The summed E-state index contributed by atoms with van der Waals surface area (Å²) in [5.41, 5.74) is 4.39. The summed E-state index contributed by atoms with van der Waals surface area (Å²) in [5.74, 6) is -0.122. The number of aliphatic hydroxyl groups excluding tert-OH is 2. The Morgan fingerprint density at radius 3 is 2.28 bits per heavy atom. The summed E-state index contributed by atoms with van der Waals surface area (Å²) in [6.07, 6.45) is -5.38. The highest BCUT2D eigenvalue weighted by atomic mass is 31.3. The third-order valence-corrected chi connectivity index (χ3v) is 7.08. The summed E-state index contributed by atoms with van der Waals surface area (Å²) >= 11 is 0. The Hall–Kier alpha value is -1.03. The third-order valence-electron chi connectivity index (χ3n) is 3.28. The molecule has 166 valence electrons. The first-order chi connectivity index (χ1) is 13.1. The molecule has 0 saturated carbocycles. The lowest BCUT2D eigenvalue weighted by atomic mass is 10.1. The van der Waals surface area contributed by atoms with Gasteiger partial charge in [0, 0.05) is 6.20 Å². The number of aliphatic hydroxyl groups is 2. The van der Waals surface area contributed by atoms with Crippen LogP contribution < -0.4 is 11.4 Å². The van der Waals surface area contributed by atoms with Crippen molar-refractivity contribution in [2.45, 2.75) is 24.5 Å². The number of rotatable bonds is 8. The minimum Gasteiger partial charge on any atom is -0.387 e. The van der Waals surface area contributed by atoms with Crippen LogP contribution in [0.4, 0.5) is 5.82 Å². The van der Waals surface area contributed by atoms with Gasteiger partial charge in [-0.2, -0.15) is 13.6 Å². The van der Waals surface area contributed by atoms with Crippen molar-refractivity contribution in [3.63, 3.8) is 0 Å². The summed E-state index contributed by atoms with van der Waals surface area (Å²) in [6, 6.07) is 1.20. The molecule has 6 atom stereocenters. The van der Waals surface area contributed by atoms with E-state index in [0.717, 1.165) is 10.8 Å². The number of phosphoric ester groups is 1. The van der Waals surface area contributed by atoms with Gasteiger partial charge in [-0.3, -0.25) is 9.09 Å². The topological polar surface area (TPSA) is 270 Å². The van der Waals surface area contributed by atoms with Crippen molar-refractivity contribution < 1.29 is 61.4 Å². The minimum atomic E-state index is -5.71. The first-order valence-electron chi connectivity index (χ1n) is 7.25. The standard InChI is InChI=1S/C9H16N3O14P3/c10-5-1-2-12(9(15)11-5)8-7(14)6(13)4(24-8)3-23-28(19,20)26-29(21,22)25-27(16,17)18/h1-2,4,6-8,13-14H,3H2,(H,19,20)(H,21,22)(H2,10,11,15)(H2,16,17,18)/t4-,6-,7+,8-/m0/s1. The van der Waals surface area contributed by atoms with E-state index in [1.54, 1.807) is 0 Å². The van der Waals surface area contributed by atoms with E-state index < -0.39 is 60.3 Å². The zero-order valence-electron chi connectivity index (χ0n) is 13.9. The number of hydrogen-bond donors (Lipinski definition) is 7. The molecule has 1 aliphatic rings. The van der Waals surface area contributed by atoms with Gasteiger partial charge in [0.2, 0.25) is 0 Å². The average Bonchev–Trinajstić information content (AvgIpc) is 2.78. The lowest BCUT2D eigenvalue weighted by Crippen LogP contribution is -2.36. The predicted molar refractivity (Wildman–Crippen MR) is 88.6 cm³/mol. The smallest absolute Gasteiger partial charge is 0.387 e. The van der Waals surface area contributed by atoms with Gasteiger partial charge in [0.1, 0.15) is 24.1 Å². The molecule has 1 aliphatic heterocycles. The number of nitrogens with zero attached hydrogens (tertiary/aromatic N) is 2. The maximum absolute atomic E-state index is 11.8. The number of nitrogen functional groups attached to an aromatic ring is 1. The number of nitrogens with two attached hydrogens (primary N) is 1. The molecule has 17 nitrogen and oxygen atoms in total. The fourth-order valence-electron chi connectivity index (χ4n) is 2.19. The molecule has 8 N–H and O–H groups in total. The van der Waals surface area contributed by atoms with Crippen LogP contribution in [-0.4, -0.2) is 64.3 Å². The molecule has 0 spiro atoms. The van der Waals surface area contributed by atoms with Crippen molar-refractivity contribution in [3.8, 4) is 0 Å². The molecule has 0 aliphatic carbocycles. The van der Waals surface area contributed by atoms with E-state index in [9.17, 15) is 33.6 Å². The minimum absolute atomic E-state index is 0.122. The van der Waals surface area contributed by atoms with Crippen LogP contribution >= 0.6 is 23.5 Å². The Kier molecular flexibility index (Phi) is 7.20. The highest BCUT2D eigenvalue weighted by molar-refractivity contribution is 7.66. The van der Waals surface area contributed by atoms with Crippen molar-refractivity contribution >= 4 is 29.3 Å².